The average molecular weight is 252 g/mol. The van der Waals surface area contributed by atoms with Gasteiger partial charge in [-0.3, -0.25) is 13.9 Å². The zero-order valence-corrected chi connectivity index (χ0v) is 10.2. The SMILES string of the molecule is Cn1c(=O)n(CCCCCO)c(=O)c2[nH]cnc21. The monoisotopic (exact) mass is 252 g/mol. The molecule has 0 aliphatic heterocycles. The molecule has 0 amide bonds. The van der Waals surface area contributed by atoms with Crippen molar-refractivity contribution in [3.05, 3.63) is 27.2 Å². The van der Waals surface area contributed by atoms with Crippen LogP contribution in [0.25, 0.3) is 11.2 Å². The van der Waals surface area contributed by atoms with Gasteiger partial charge in [-0.25, -0.2) is 9.78 Å². The number of aryl methyl sites for hydroxylation is 1. The van der Waals surface area contributed by atoms with Crippen molar-refractivity contribution >= 4 is 11.2 Å². The van der Waals surface area contributed by atoms with Crippen LogP contribution in [0, 0.1) is 0 Å². The van der Waals surface area contributed by atoms with E-state index in [9.17, 15) is 9.59 Å². The Morgan fingerprint density at radius 2 is 2.11 bits per heavy atom. The van der Waals surface area contributed by atoms with E-state index in [2.05, 4.69) is 9.97 Å². The molecule has 18 heavy (non-hydrogen) atoms. The highest BCUT2D eigenvalue weighted by atomic mass is 16.3. The lowest BCUT2D eigenvalue weighted by Gasteiger charge is -2.07. The van der Waals surface area contributed by atoms with E-state index >= 15 is 0 Å². The Labute approximate surface area is 103 Å². The summed E-state index contributed by atoms with van der Waals surface area (Å²) < 4.78 is 2.57. The lowest BCUT2D eigenvalue weighted by atomic mass is 10.2. The molecule has 0 radical (unpaired) electrons. The minimum absolute atomic E-state index is 0.131. The van der Waals surface area contributed by atoms with Crippen molar-refractivity contribution in [1.82, 2.24) is 19.1 Å². The number of imidazole rings is 1. The number of nitrogens with one attached hydrogen (secondary N) is 1. The third-order valence-electron chi connectivity index (χ3n) is 2.95. The fourth-order valence-corrected chi connectivity index (χ4v) is 1.95. The molecular weight excluding hydrogens is 236 g/mol. The number of rotatable bonds is 5. The van der Waals surface area contributed by atoms with Gasteiger partial charge in [0.1, 0.15) is 5.52 Å². The second kappa shape index (κ2) is 5.18. The molecule has 0 unspecified atom stereocenters. The van der Waals surface area contributed by atoms with Crippen LogP contribution in [-0.2, 0) is 13.6 Å². The average Bonchev–Trinajstić information content (AvgIpc) is 2.85. The number of aromatic nitrogens is 4. The van der Waals surface area contributed by atoms with E-state index in [-0.39, 0.29) is 17.9 Å². The fourth-order valence-electron chi connectivity index (χ4n) is 1.95. The first kappa shape index (κ1) is 12.6. The lowest BCUT2D eigenvalue weighted by Crippen LogP contribution is -2.39. The molecule has 0 saturated heterocycles. The van der Waals surface area contributed by atoms with E-state index in [0.717, 1.165) is 6.42 Å². The van der Waals surface area contributed by atoms with Gasteiger partial charge >= 0.3 is 5.69 Å². The van der Waals surface area contributed by atoms with Crippen molar-refractivity contribution in [2.75, 3.05) is 6.61 Å². The van der Waals surface area contributed by atoms with Crippen LogP contribution in [-0.4, -0.2) is 30.8 Å². The van der Waals surface area contributed by atoms with Gasteiger partial charge in [-0.05, 0) is 19.3 Å². The van der Waals surface area contributed by atoms with Crippen LogP contribution in [0.15, 0.2) is 15.9 Å². The summed E-state index contributed by atoms with van der Waals surface area (Å²) in [7, 11) is 1.59. The first-order valence-corrected chi connectivity index (χ1v) is 5.90. The first-order valence-electron chi connectivity index (χ1n) is 5.90. The molecule has 2 aromatic heterocycles. The Bertz CT molecular complexity index is 652. The van der Waals surface area contributed by atoms with Gasteiger partial charge in [0.2, 0.25) is 0 Å². The van der Waals surface area contributed by atoms with Crippen LogP contribution in [0.4, 0.5) is 0 Å². The van der Waals surface area contributed by atoms with E-state index in [1.54, 1.807) is 7.05 Å². The standard InChI is InChI=1S/C11H16N4O3/c1-14-9-8(12-7-13-9)10(17)15(11(14)18)5-3-2-4-6-16/h7,16H,2-6H2,1H3,(H,12,13). The Balaban J connectivity index is 2.38. The van der Waals surface area contributed by atoms with Gasteiger partial charge in [0.25, 0.3) is 5.56 Å². The number of fused-ring (bicyclic) bond motifs is 1. The molecule has 2 heterocycles. The highest BCUT2D eigenvalue weighted by Gasteiger charge is 2.12. The van der Waals surface area contributed by atoms with E-state index in [1.807, 2.05) is 0 Å². The lowest BCUT2D eigenvalue weighted by molar-refractivity contribution is 0.281. The molecule has 7 heteroatoms. The van der Waals surface area contributed by atoms with Gasteiger partial charge in [-0.15, -0.1) is 0 Å². The van der Waals surface area contributed by atoms with E-state index in [4.69, 9.17) is 5.11 Å². The maximum Gasteiger partial charge on any atom is 0.332 e. The summed E-state index contributed by atoms with van der Waals surface area (Å²) in [4.78, 5) is 30.7. The number of aliphatic hydroxyl groups excluding tert-OH is 1. The van der Waals surface area contributed by atoms with Crippen LogP contribution >= 0.6 is 0 Å². The summed E-state index contributed by atoms with van der Waals surface area (Å²) in [6.07, 6.45) is 3.56. The van der Waals surface area contributed by atoms with Gasteiger partial charge in [-0.1, -0.05) is 0 Å². The zero-order chi connectivity index (χ0) is 13.1. The smallest absolute Gasteiger partial charge is 0.332 e. The summed E-state index contributed by atoms with van der Waals surface area (Å²) in [5.41, 5.74) is 0.0223. The highest BCUT2D eigenvalue weighted by Crippen LogP contribution is 2.00. The van der Waals surface area contributed by atoms with Gasteiger partial charge in [0.05, 0.1) is 6.33 Å². The number of hydrogen-bond donors (Lipinski definition) is 2. The van der Waals surface area contributed by atoms with Crippen molar-refractivity contribution in [3.8, 4) is 0 Å². The largest absolute Gasteiger partial charge is 0.396 e. The molecule has 0 bridgehead atoms. The molecule has 0 aliphatic rings. The van der Waals surface area contributed by atoms with E-state index < -0.39 is 0 Å². The molecule has 7 nitrogen and oxygen atoms in total. The molecule has 0 spiro atoms. The second-order valence-corrected chi connectivity index (χ2v) is 4.18. The van der Waals surface area contributed by atoms with Gasteiger partial charge in [-0.2, -0.15) is 0 Å². The Morgan fingerprint density at radius 3 is 2.83 bits per heavy atom. The Morgan fingerprint density at radius 1 is 1.33 bits per heavy atom. The summed E-state index contributed by atoms with van der Waals surface area (Å²) in [5.74, 6) is 0. The van der Waals surface area contributed by atoms with Crippen molar-refractivity contribution < 1.29 is 5.11 Å². The summed E-state index contributed by atoms with van der Waals surface area (Å²) in [6.45, 7) is 0.493. The quantitative estimate of drug-likeness (QED) is 0.707. The molecule has 2 aromatic rings. The molecule has 0 aliphatic carbocycles. The highest BCUT2D eigenvalue weighted by molar-refractivity contribution is 5.68. The molecule has 0 atom stereocenters. The summed E-state index contributed by atoms with van der Waals surface area (Å²) >= 11 is 0. The molecule has 2 rings (SSSR count). The normalized spacial score (nSPS) is 11.2. The number of hydrogen-bond acceptors (Lipinski definition) is 4. The first-order chi connectivity index (χ1) is 8.66. The van der Waals surface area contributed by atoms with Crippen molar-refractivity contribution in [3.63, 3.8) is 0 Å². The van der Waals surface area contributed by atoms with Gasteiger partial charge in [0.15, 0.2) is 5.65 Å². The van der Waals surface area contributed by atoms with Crippen molar-refractivity contribution in [2.45, 2.75) is 25.8 Å². The zero-order valence-electron chi connectivity index (χ0n) is 10.2. The number of aromatic amines is 1. The third-order valence-corrected chi connectivity index (χ3v) is 2.95. The predicted octanol–water partition coefficient (Wildman–Crippen LogP) is -0.414. The van der Waals surface area contributed by atoms with Crippen LogP contribution in [0.2, 0.25) is 0 Å². The number of aliphatic hydroxyl groups is 1. The topological polar surface area (TPSA) is 92.9 Å². The number of unbranched alkanes of at least 4 members (excludes halogenated alkanes) is 2. The summed E-state index contributed by atoms with van der Waals surface area (Å²) in [6, 6.07) is 0. The minimum Gasteiger partial charge on any atom is -0.396 e. The molecule has 0 aromatic carbocycles. The van der Waals surface area contributed by atoms with Crippen molar-refractivity contribution in [1.29, 1.82) is 0 Å². The maximum atomic E-state index is 12.1. The molecular formula is C11H16N4O3. The molecule has 98 valence electrons. The minimum atomic E-state index is -0.358. The van der Waals surface area contributed by atoms with Gasteiger partial charge in [0, 0.05) is 20.2 Å². The van der Waals surface area contributed by atoms with Crippen LogP contribution < -0.4 is 11.2 Å². The van der Waals surface area contributed by atoms with E-state index in [1.165, 1.54) is 15.5 Å². The predicted molar refractivity (Wildman–Crippen MR) is 66.5 cm³/mol. The third kappa shape index (κ3) is 2.08. The molecule has 0 saturated carbocycles. The number of nitrogens with zero attached hydrogens (tertiary/aromatic N) is 3. The van der Waals surface area contributed by atoms with Crippen LogP contribution in [0.5, 0.6) is 0 Å². The molecule has 0 fully saturated rings. The second-order valence-electron chi connectivity index (χ2n) is 4.18. The molecule has 2 N–H and O–H groups in total. The van der Waals surface area contributed by atoms with Crippen LogP contribution in [0.3, 0.4) is 0 Å². The van der Waals surface area contributed by atoms with Gasteiger partial charge < -0.3 is 10.1 Å². The Kier molecular flexibility index (Phi) is 3.61. The number of H-pyrrole nitrogens is 1. The van der Waals surface area contributed by atoms with Crippen LogP contribution in [0.1, 0.15) is 19.3 Å². The van der Waals surface area contributed by atoms with Crippen molar-refractivity contribution in [2.24, 2.45) is 7.05 Å². The Hall–Kier alpha value is -1.89. The summed E-state index contributed by atoms with van der Waals surface area (Å²) in [5, 5.41) is 8.68. The maximum absolute atomic E-state index is 12.1. The fraction of sp³-hybridized carbons (Fsp3) is 0.545. The van der Waals surface area contributed by atoms with E-state index in [0.29, 0.717) is 30.6 Å².